The lowest BCUT2D eigenvalue weighted by Gasteiger charge is -2.16. The van der Waals surface area contributed by atoms with E-state index in [-0.39, 0.29) is 5.69 Å². The normalized spacial score (nSPS) is 11.1. The fourth-order valence-electron chi connectivity index (χ4n) is 2.19. The summed E-state index contributed by atoms with van der Waals surface area (Å²) in [5, 5.41) is 6.58. The number of unbranched alkanes of at least 4 members (excludes halogenated alkanes) is 1. The van der Waals surface area contributed by atoms with Gasteiger partial charge in [-0.15, -0.1) is 0 Å². The molecular weight excluding hydrogens is 335 g/mol. The number of nitrogens with two attached hydrogens (primary N) is 2. The summed E-state index contributed by atoms with van der Waals surface area (Å²) in [4.78, 5) is 15.6. The standard InChI is InChI=1S/C18H23FN6O/c1-2-3-4-14(20)12-25(21)17-7-5-15(6-8-17)23-18(26)24-16-9-13(19)10-22-11-16/h5-12H,2-4,20-21H2,1H3,(H2,23,24,26)/b14-12-. The van der Waals surface area contributed by atoms with E-state index in [2.05, 4.69) is 22.5 Å². The van der Waals surface area contributed by atoms with Gasteiger partial charge < -0.3 is 16.4 Å². The van der Waals surface area contributed by atoms with Crippen molar-refractivity contribution in [1.29, 1.82) is 0 Å². The number of amides is 2. The molecule has 0 saturated heterocycles. The molecule has 0 atom stereocenters. The number of hydrazine groups is 1. The first-order valence-electron chi connectivity index (χ1n) is 8.26. The van der Waals surface area contributed by atoms with Crippen LogP contribution in [-0.4, -0.2) is 11.0 Å². The van der Waals surface area contributed by atoms with Crippen molar-refractivity contribution in [2.75, 3.05) is 15.6 Å². The average Bonchev–Trinajstić information content (AvgIpc) is 2.60. The topological polar surface area (TPSA) is 109 Å². The largest absolute Gasteiger partial charge is 0.401 e. The van der Waals surface area contributed by atoms with Crippen molar-refractivity contribution in [3.05, 3.63) is 60.4 Å². The Morgan fingerprint density at radius 2 is 1.92 bits per heavy atom. The number of allylic oxidation sites excluding steroid dienone is 1. The van der Waals surface area contributed by atoms with Crippen LogP contribution in [0.2, 0.25) is 0 Å². The number of urea groups is 1. The van der Waals surface area contributed by atoms with Crippen LogP contribution in [0.25, 0.3) is 0 Å². The van der Waals surface area contributed by atoms with E-state index >= 15 is 0 Å². The van der Waals surface area contributed by atoms with Crippen LogP contribution in [0, 0.1) is 5.82 Å². The molecule has 0 aliphatic heterocycles. The van der Waals surface area contributed by atoms with Gasteiger partial charge in [0.2, 0.25) is 0 Å². The highest BCUT2D eigenvalue weighted by atomic mass is 19.1. The minimum atomic E-state index is -0.526. The Labute approximate surface area is 151 Å². The van der Waals surface area contributed by atoms with Gasteiger partial charge in [-0.05, 0) is 37.1 Å². The van der Waals surface area contributed by atoms with Gasteiger partial charge in [-0.1, -0.05) is 13.3 Å². The van der Waals surface area contributed by atoms with Gasteiger partial charge in [0, 0.05) is 23.7 Å². The number of hydrogen-bond acceptors (Lipinski definition) is 5. The summed E-state index contributed by atoms with van der Waals surface area (Å²) in [6, 6.07) is 7.59. The van der Waals surface area contributed by atoms with Gasteiger partial charge in [0.05, 0.1) is 23.8 Å². The fourth-order valence-corrected chi connectivity index (χ4v) is 2.19. The molecule has 0 bridgehead atoms. The van der Waals surface area contributed by atoms with E-state index in [1.54, 1.807) is 30.5 Å². The second kappa shape index (κ2) is 9.38. The maximum absolute atomic E-state index is 13.1. The quantitative estimate of drug-likeness (QED) is 0.447. The average molecular weight is 358 g/mol. The zero-order chi connectivity index (χ0) is 18.9. The Hall–Kier alpha value is -3.13. The highest BCUT2D eigenvalue weighted by Crippen LogP contribution is 2.17. The Morgan fingerprint density at radius 1 is 1.23 bits per heavy atom. The van der Waals surface area contributed by atoms with E-state index in [1.165, 1.54) is 17.3 Å². The van der Waals surface area contributed by atoms with E-state index in [4.69, 9.17) is 11.6 Å². The smallest absolute Gasteiger partial charge is 0.323 e. The molecule has 0 saturated carbocycles. The molecule has 8 heteroatoms. The number of anilines is 3. The van der Waals surface area contributed by atoms with Crippen LogP contribution in [-0.2, 0) is 0 Å². The molecule has 138 valence electrons. The SMILES string of the molecule is CCCC/C(N)=C/N(N)c1ccc(NC(=O)Nc2cncc(F)c2)cc1. The number of halogens is 1. The summed E-state index contributed by atoms with van der Waals surface area (Å²) in [5.41, 5.74) is 8.18. The summed E-state index contributed by atoms with van der Waals surface area (Å²) in [7, 11) is 0. The lowest BCUT2D eigenvalue weighted by atomic mass is 10.2. The molecule has 7 nitrogen and oxygen atoms in total. The van der Waals surface area contributed by atoms with Gasteiger partial charge in [0.25, 0.3) is 0 Å². The van der Waals surface area contributed by atoms with E-state index in [0.717, 1.165) is 31.1 Å². The van der Waals surface area contributed by atoms with E-state index in [0.29, 0.717) is 11.4 Å². The molecule has 2 amide bonds. The molecular formula is C18H23FN6O. The number of nitrogens with zero attached hydrogens (tertiary/aromatic N) is 2. The van der Waals surface area contributed by atoms with Gasteiger partial charge >= 0.3 is 6.03 Å². The van der Waals surface area contributed by atoms with E-state index in [9.17, 15) is 9.18 Å². The Bertz CT molecular complexity index is 763. The number of rotatable bonds is 7. The predicted molar refractivity (Wildman–Crippen MR) is 102 cm³/mol. The highest BCUT2D eigenvalue weighted by Gasteiger charge is 2.05. The Morgan fingerprint density at radius 3 is 2.58 bits per heavy atom. The van der Waals surface area contributed by atoms with Crippen molar-refractivity contribution in [1.82, 2.24) is 4.98 Å². The molecule has 0 unspecified atom stereocenters. The molecule has 1 heterocycles. The fraction of sp³-hybridized carbons (Fsp3) is 0.222. The molecule has 2 aromatic rings. The zero-order valence-electron chi connectivity index (χ0n) is 14.6. The van der Waals surface area contributed by atoms with Crippen molar-refractivity contribution in [2.24, 2.45) is 11.6 Å². The van der Waals surface area contributed by atoms with Crippen LogP contribution in [0.15, 0.2) is 54.6 Å². The van der Waals surface area contributed by atoms with Crippen LogP contribution >= 0.6 is 0 Å². The van der Waals surface area contributed by atoms with Crippen molar-refractivity contribution >= 4 is 23.1 Å². The van der Waals surface area contributed by atoms with E-state index in [1.807, 2.05) is 0 Å². The van der Waals surface area contributed by atoms with E-state index < -0.39 is 11.8 Å². The lowest BCUT2D eigenvalue weighted by molar-refractivity contribution is 0.262. The Balaban J connectivity index is 1.93. The number of nitrogens with one attached hydrogen (secondary N) is 2. The third-order valence-corrected chi connectivity index (χ3v) is 3.51. The first-order valence-corrected chi connectivity index (χ1v) is 8.26. The summed E-state index contributed by atoms with van der Waals surface area (Å²) < 4.78 is 13.1. The number of carbonyl (C=O) groups excluding carboxylic acids is 1. The molecule has 6 N–H and O–H groups in total. The van der Waals surface area contributed by atoms with Gasteiger partial charge in [0.1, 0.15) is 5.82 Å². The summed E-state index contributed by atoms with van der Waals surface area (Å²) in [6.45, 7) is 2.10. The van der Waals surface area contributed by atoms with Crippen LogP contribution in [0.4, 0.5) is 26.2 Å². The maximum atomic E-state index is 13.1. The first kappa shape index (κ1) is 19.2. The molecule has 26 heavy (non-hydrogen) atoms. The molecule has 0 radical (unpaired) electrons. The zero-order valence-corrected chi connectivity index (χ0v) is 14.6. The summed E-state index contributed by atoms with van der Waals surface area (Å²) in [6.07, 6.45) is 6.96. The molecule has 1 aromatic carbocycles. The molecule has 2 rings (SSSR count). The number of pyridine rings is 1. The summed E-state index contributed by atoms with van der Waals surface area (Å²) in [5.74, 6) is 5.44. The van der Waals surface area contributed by atoms with Crippen molar-refractivity contribution in [3.8, 4) is 0 Å². The second-order valence-corrected chi connectivity index (χ2v) is 5.73. The maximum Gasteiger partial charge on any atom is 0.323 e. The first-order chi connectivity index (χ1) is 12.5. The Kier molecular flexibility index (Phi) is 6.92. The molecule has 0 fully saturated rings. The minimum absolute atomic E-state index is 0.264. The van der Waals surface area contributed by atoms with Gasteiger partial charge in [-0.3, -0.25) is 9.99 Å². The summed E-state index contributed by atoms with van der Waals surface area (Å²) >= 11 is 0. The van der Waals surface area contributed by atoms with Gasteiger partial charge in [0.15, 0.2) is 0 Å². The van der Waals surface area contributed by atoms with Crippen molar-refractivity contribution in [2.45, 2.75) is 26.2 Å². The van der Waals surface area contributed by atoms with Crippen LogP contribution in [0.1, 0.15) is 26.2 Å². The molecule has 1 aromatic heterocycles. The monoisotopic (exact) mass is 358 g/mol. The van der Waals surface area contributed by atoms with Gasteiger partial charge in [-0.2, -0.15) is 0 Å². The van der Waals surface area contributed by atoms with Crippen LogP contribution < -0.4 is 27.2 Å². The molecule has 0 spiro atoms. The van der Waals surface area contributed by atoms with Gasteiger partial charge in [-0.25, -0.2) is 15.0 Å². The number of benzene rings is 1. The second-order valence-electron chi connectivity index (χ2n) is 5.73. The third-order valence-electron chi connectivity index (χ3n) is 3.51. The molecule has 0 aliphatic rings. The lowest BCUT2D eigenvalue weighted by Crippen LogP contribution is -2.26. The number of aromatic nitrogens is 1. The number of hydrogen-bond donors (Lipinski definition) is 4. The van der Waals surface area contributed by atoms with Crippen molar-refractivity contribution in [3.63, 3.8) is 0 Å². The molecule has 0 aliphatic carbocycles. The van der Waals surface area contributed by atoms with Crippen LogP contribution in [0.5, 0.6) is 0 Å². The third kappa shape index (κ3) is 6.06. The number of carbonyl (C=O) groups is 1. The predicted octanol–water partition coefficient (Wildman–Crippen LogP) is 3.54. The minimum Gasteiger partial charge on any atom is -0.401 e. The highest BCUT2D eigenvalue weighted by molar-refractivity contribution is 5.99. The van der Waals surface area contributed by atoms with Crippen LogP contribution in [0.3, 0.4) is 0 Å². The van der Waals surface area contributed by atoms with Crippen molar-refractivity contribution < 1.29 is 9.18 Å².